The summed E-state index contributed by atoms with van der Waals surface area (Å²) in [5.41, 5.74) is 3.07. The second-order valence-electron chi connectivity index (χ2n) is 9.29. The largest absolute Gasteiger partial charge is 0.381 e. The molecule has 0 spiro atoms. The van der Waals surface area contributed by atoms with E-state index in [0.717, 1.165) is 26.1 Å². The van der Waals surface area contributed by atoms with Gasteiger partial charge in [-0.2, -0.15) is 0 Å². The van der Waals surface area contributed by atoms with E-state index in [-0.39, 0.29) is 11.8 Å². The van der Waals surface area contributed by atoms with Crippen molar-refractivity contribution in [1.82, 2.24) is 10.2 Å². The Hall–Kier alpha value is -2.66. The zero-order valence-electron chi connectivity index (χ0n) is 19.0. The third-order valence-corrected chi connectivity index (χ3v) is 7.14. The van der Waals surface area contributed by atoms with Crippen LogP contribution in [0, 0.1) is 11.3 Å². The van der Waals surface area contributed by atoms with Gasteiger partial charge in [-0.15, -0.1) is 0 Å². The number of hydrogen-bond donors (Lipinski definition) is 1. The zero-order chi connectivity index (χ0) is 22.4. The van der Waals surface area contributed by atoms with Crippen LogP contribution in [0.15, 0.2) is 54.6 Å². The van der Waals surface area contributed by atoms with Crippen LogP contribution in [0.25, 0.3) is 11.1 Å². The van der Waals surface area contributed by atoms with E-state index in [2.05, 4.69) is 41.7 Å². The van der Waals surface area contributed by atoms with E-state index >= 15 is 0 Å². The van der Waals surface area contributed by atoms with Gasteiger partial charge in [-0.3, -0.25) is 9.59 Å². The van der Waals surface area contributed by atoms with Crippen molar-refractivity contribution in [1.29, 1.82) is 0 Å². The topological polar surface area (TPSA) is 58.6 Å². The van der Waals surface area contributed by atoms with Gasteiger partial charge < -0.3 is 15.0 Å². The van der Waals surface area contributed by atoms with Gasteiger partial charge in [0.25, 0.3) is 0 Å². The van der Waals surface area contributed by atoms with Crippen molar-refractivity contribution in [3.05, 3.63) is 60.2 Å². The molecule has 5 nitrogen and oxygen atoms in total. The average molecular weight is 435 g/mol. The van der Waals surface area contributed by atoms with Crippen LogP contribution in [-0.4, -0.2) is 49.6 Å². The second-order valence-corrected chi connectivity index (χ2v) is 9.29. The van der Waals surface area contributed by atoms with E-state index in [4.69, 9.17) is 4.74 Å². The molecule has 0 saturated carbocycles. The molecule has 0 unspecified atom stereocenters. The first-order chi connectivity index (χ1) is 15.6. The molecule has 170 valence electrons. The van der Waals surface area contributed by atoms with Crippen LogP contribution in [0.1, 0.15) is 38.2 Å². The van der Waals surface area contributed by atoms with Gasteiger partial charge in [-0.05, 0) is 54.7 Å². The van der Waals surface area contributed by atoms with Crippen molar-refractivity contribution < 1.29 is 14.3 Å². The lowest BCUT2D eigenvalue weighted by molar-refractivity contribution is -0.139. The molecule has 0 atom stereocenters. The molecular weight excluding hydrogens is 400 g/mol. The summed E-state index contributed by atoms with van der Waals surface area (Å²) in [4.78, 5) is 27.2. The summed E-state index contributed by atoms with van der Waals surface area (Å²) in [7, 11) is 0. The van der Waals surface area contributed by atoms with Crippen LogP contribution >= 0.6 is 0 Å². The van der Waals surface area contributed by atoms with Crippen molar-refractivity contribution >= 4 is 11.8 Å². The molecule has 2 aromatic carbocycles. The summed E-state index contributed by atoms with van der Waals surface area (Å²) in [6.07, 6.45) is 4.12. The summed E-state index contributed by atoms with van der Waals surface area (Å²) in [5.74, 6) is 0.722. The average Bonchev–Trinajstić information content (AvgIpc) is 2.84. The van der Waals surface area contributed by atoms with Crippen LogP contribution in [0.3, 0.4) is 0 Å². The van der Waals surface area contributed by atoms with Gasteiger partial charge >= 0.3 is 0 Å². The molecule has 0 aliphatic carbocycles. The Labute approximate surface area is 191 Å². The van der Waals surface area contributed by atoms with E-state index in [1.807, 2.05) is 23.1 Å². The van der Waals surface area contributed by atoms with Gasteiger partial charge in [-0.25, -0.2) is 0 Å². The highest BCUT2D eigenvalue weighted by Gasteiger charge is 2.42. The lowest BCUT2D eigenvalue weighted by Crippen LogP contribution is -2.51. The lowest BCUT2D eigenvalue weighted by Gasteiger charge is -2.41. The maximum Gasteiger partial charge on any atom is 0.226 e. The minimum Gasteiger partial charge on any atom is -0.381 e. The predicted molar refractivity (Wildman–Crippen MR) is 126 cm³/mol. The number of amides is 2. The number of nitrogens with one attached hydrogen (secondary N) is 1. The second kappa shape index (κ2) is 10.3. The van der Waals surface area contributed by atoms with Crippen molar-refractivity contribution in [2.45, 2.75) is 39.0 Å². The maximum absolute atomic E-state index is 13.5. The van der Waals surface area contributed by atoms with Crippen LogP contribution < -0.4 is 5.32 Å². The summed E-state index contributed by atoms with van der Waals surface area (Å²) < 4.78 is 5.45. The van der Waals surface area contributed by atoms with Crippen molar-refractivity contribution in [2.75, 3.05) is 32.8 Å². The number of piperidine rings is 1. The first-order valence-electron chi connectivity index (χ1n) is 11.8. The Kier molecular flexibility index (Phi) is 7.26. The molecule has 0 radical (unpaired) electrons. The molecule has 2 amide bonds. The summed E-state index contributed by atoms with van der Waals surface area (Å²) >= 11 is 0. The van der Waals surface area contributed by atoms with E-state index in [0.29, 0.717) is 44.8 Å². The summed E-state index contributed by atoms with van der Waals surface area (Å²) in [5, 5.41) is 3.27. The SMILES string of the molecule is CC(=O)N1CCC(Cc2ccc(-c3ccccc3)cc2)(C(=O)NCC2CCOCC2)CC1. The highest BCUT2D eigenvalue weighted by Crippen LogP contribution is 2.36. The zero-order valence-corrected chi connectivity index (χ0v) is 19.0. The molecular formula is C27H34N2O3. The van der Waals surface area contributed by atoms with Gasteiger partial charge in [0.15, 0.2) is 0 Å². The van der Waals surface area contributed by atoms with Gasteiger partial charge in [0.1, 0.15) is 0 Å². The molecule has 5 heteroatoms. The lowest BCUT2D eigenvalue weighted by atomic mass is 9.72. The molecule has 2 aromatic rings. The van der Waals surface area contributed by atoms with Gasteiger partial charge in [0, 0.05) is 39.8 Å². The Balaban J connectivity index is 1.47. The highest BCUT2D eigenvalue weighted by atomic mass is 16.5. The number of likely N-dealkylation sites (tertiary alicyclic amines) is 1. The van der Waals surface area contributed by atoms with E-state index < -0.39 is 5.41 Å². The van der Waals surface area contributed by atoms with Crippen LogP contribution in [0.2, 0.25) is 0 Å². The molecule has 4 rings (SSSR count). The Bertz CT molecular complexity index is 896. The fraction of sp³-hybridized carbons (Fsp3) is 0.481. The fourth-order valence-electron chi connectivity index (χ4n) is 4.95. The van der Waals surface area contributed by atoms with Crippen LogP contribution in [-0.2, 0) is 20.7 Å². The van der Waals surface area contributed by atoms with Crippen molar-refractivity contribution in [3.63, 3.8) is 0 Å². The summed E-state index contributed by atoms with van der Waals surface area (Å²) in [6.45, 7) is 5.18. The molecule has 2 aliphatic rings. The Morgan fingerprint density at radius 3 is 2.22 bits per heavy atom. The third-order valence-electron chi connectivity index (χ3n) is 7.14. The predicted octanol–water partition coefficient (Wildman–Crippen LogP) is 4.07. The molecule has 32 heavy (non-hydrogen) atoms. The van der Waals surface area contributed by atoms with Gasteiger partial charge in [-0.1, -0.05) is 54.6 Å². The van der Waals surface area contributed by atoms with Gasteiger partial charge in [0.05, 0.1) is 5.41 Å². The monoisotopic (exact) mass is 434 g/mol. The molecule has 2 saturated heterocycles. The first-order valence-corrected chi connectivity index (χ1v) is 11.8. The van der Waals surface area contributed by atoms with E-state index in [1.54, 1.807) is 6.92 Å². The highest BCUT2D eigenvalue weighted by molar-refractivity contribution is 5.83. The van der Waals surface area contributed by atoms with Crippen molar-refractivity contribution in [3.8, 4) is 11.1 Å². The molecule has 0 bridgehead atoms. The first kappa shape index (κ1) is 22.5. The number of ether oxygens (including phenoxy) is 1. The molecule has 2 heterocycles. The minimum atomic E-state index is -0.467. The van der Waals surface area contributed by atoms with Gasteiger partial charge in [0.2, 0.25) is 11.8 Å². The number of carbonyl (C=O) groups is 2. The minimum absolute atomic E-state index is 0.0911. The summed E-state index contributed by atoms with van der Waals surface area (Å²) in [6, 6.07) is 18.9. The maximum atomic E-state index is 13.5. The van der Waals surface area contributed by atoms with Crippen molar-refractivity contribution in [2.24, 2.45) is 11.3 Å². The number of rotatable bonds is 6. The Morgan fingerprint density at radius 2 is 1.59 bits per heavy atom. The third kappa shape index (κ3) is 5.39. The standard InChI is InChI=1S/C27H34N2O3/c1-21(30)29-15-13-27(14-16-29,26(31)28-20-23-11-17-32-18-12-23)19-22-7-9-25(10-8-22)24-5-3-2-4-6-24/h2-10,23H,11-20H2,1H3,(H,28,31). The molecule has 1 N–H and O–H groups in total. The quantitative estimate of drug-likeness (QED) is 0.746. The normalized spacial score (nSPS) is 18.8. The molecule has 0 aromatic heterocycles. The number of benzene rings is 2. The van der Waals surface area contributed by atoms with Crippen LogP contribution in [0.5, 0.6) is 0 Å². The smallest absolute Gasteiger partial charge is 0.226 e. The van der Waals surface area contributed by atoms with E-state index in [9.17, 15) is 9.59 Å². The van der Waals surface area contributed by atoms with Crippen LogP contribution in [0.4, 0.5) is 0 Å². The Morgan fingerprint density at radius 1 is 0.969 bits per heavy atom. The molecule has 2 aliphatic heterocycles. The van der Waals surface area contributed by atoms with E-state index in [1.165, 1.54) is 16.7 Å². The molecule has 2 fully saturated rings. The fourth-order valence-corrected chi connectivity index (χ4v) is 4.95. The number of hydrogen-bond acceptors (Lipinski definition) is 3. The number of carbonyl (C=O) groups excluding carboxylic acids is 2. The number of nitrogens with zero attached hydrogens (tertiary/aromatic N) is 1.